The van der Waals surface area contributed by atoms with Gasteiger partial charge in [0.2, 0.25) is 0 Å². The van der Waals surface area contributed by atoms with Crippen LogP contribution in [0.25, 0.3) is 0 Å². The number of benzene rings is 2. The Balaban J connectivity index is 1.62. The van der Waals surface area contributed by atoms with E-state index in [4.69, 9.17) is 4.74 Å². The molecule has 0 aliphatic heterocycles. The standard InChI is InChI=1S/C21H23NO2/c23-21(22-15-17-9-3-1-4-10-17)19-13-7-8-14-20(19)24-16-18-11-5-2-6-12-18/h2,5-9,11-14H,1,3-4,10,15-16H2,(H,22,23). The maximum absolute atomic E-state index is 12.5. The van der Waals surface area contributed by atoms with Crippen LogP contribution in [0.3, 0.4) is 0 Å². The van der Waals surface area contributed by atoms with E-state index in [9.17, 15) is 4.79 Å². The van der Waals surface area contributed by atoms with Gasteiger partial charge in [0.05, 0.1) is 5.56 Å². The second kappa shape index (κ2) is 8.34. The number of amides is 1. The summed E-state index contributed by atoms with van der Waals surface area (Å²) in [5, 5.41) is 3.02. The van der Waals surface area contributed by atoms with E-state index in [1.807, 2.05) is 54.6 Å². The van der Waals surface area contributed by atoms with Gasteiger partial charge in [-0.1, -0.05) is 54.1 Å². The van der Waals surface area contributed by atoms with E-state index >= 15 is 0 Å². The minimum Gasteiger partial charge on any atom is -0.488 e. The van der Waals surface area contributed by atoms with E-state index in [1.54, 1.807) is 0 Å². The van der Waals surface area contributed by atoms with Crippen molar-refractivity contribution in [3.05, 3.63) is 77.4 Å². The zero-order valence-corrected chi connectivity index (χ0v) is 13.8. The van der Waals surface area contributed by atoms with Crippen LogP contribution < -0.4 is 10.1 Å². The maximum Gasteiger partial charge on any atom is 0.255 e. The minimum atomic E-state index is -0.0786. The van der Waals surface area contributed by atoms with Gasteiger partial charge in [-0.25, -0.2) is 0 Å². The normalized spacial score (nSPS) is 13.9. The molecule has 3 heteroatoms. The summed E-state index contributed by atoms with van der Waals surface area (Å²) < 4.78 is 5.86. The molecule has 2 aromatic carbocycles. The SMILES string of the molecule is O=C(NCC1=CCCCC1)c1ccccc1OCc1ccccc1. The summed E-state index contributed by atoms with van der Waals surface area (Å²) >= 11 is 0. The zero-order chi connectivity index (χ0) is 16.6. The molecule has 0 radical (unpaired) electrons. The summed E-state index contributed by atoms with van der Waals surface area (Å²) in [6.45, 7) is 1.09. The van der Waals surface area contributed by atoms with Gasteiger partial charge in [0.1, 0.15) is 12.4 Å². The van der Waals surface area contributed by atoms with Crippen molar-refractivity contribution < 1.29 is 9.53 Å². The van der Waals surface area contributed by atoms with Gasteiger partial charge in [-0.2, -0.15) is 0 Å². The Morgan fingerprint density at radius 3 is 2.58 bits per heavy atom. The van der Waals surface area contributed by atoms with Crippen molar-refractivity contribution in [1.29, 1.82) is 0 Å². The fourth-order valence-corrected chi connectivity index (χ4v) is 2.87. The minimum absolute atomic E-state index is 0.0786. The van der Waals surface area contributed by atoms with Crippen LogP contribution >= 0.6 is 0 Å². The molecule has 0 bridgehead atoms. The first kappa shape index (κ1) is 16.3. The second-order valence-corrected chi connectivity index (χ2v) is 6.06. The van der Waals surface area contributed by atoms with Crippen LogP contribution in [0.5, 0.6) is 5.75 Å². The molecule has 1 aliphatic rings. The van der Waals surface area contributed by atoms with Gasteiger partial charge in [-0.05, 0) is 43.4 Å². The lowest BCUT2D eigenvalue weighted by Gasteiger charge is -2.15. The topological polar surface area (TPSA) is 38.3 Å². The number of carbonyl (C=O) groups excluding carboxylic acids is 1. The molecule has 0 fully saturated rings. The Hall–Kier alpha value is -2.55. The summed E-state index contributed by atoms with van der Waals surface area (Å²) in [4.78, 5) is 12.5. The van der Waals surface area contributed by atoms with Crippen molar-refractivity contribution >= 4 is 5.91 Å². The Bertz CT molecular complexity index is 707. The van der Waals surface area contributed by atoms with Crippen molar-refractivity contribution in [2.24, 2.45) is 0 Å². The molecule has 0 spiro atoms. The molecule has 1 amide bonds. The van der Waals surface area contributed by atoms with Gasteiger partial charge in [0.25, 0.3) is 5.91 Å². The number of rotatable bonds is 6. The summed E-state index contributed by atoms with van der Waals surface area (Å²) in [5.74, 6) is 0.543. The van der Waals surface area contributed by atoms with Crippen molar-refractivity contribution in [2.75, 3.05) is 6.54 Å². The van der Waals surface area contributed by atoms with E-state index < -0.39 is 0 Å². The Morgan fingerprint density at radius 2 is 1.79 bits per heavy atom. The number of nitrogens with one attached hydrogen (secondary N) is 1. The van der Waals surface area contributed by atoms with Crippen LogP contribution in [-0.2, 0) is 6.61 Å². The molecule has 0 saturated carbocycles. The molecule has 1 N–H and O–H groups in total. The molecule has 0 heterocycles. The Kier molecular flexibility index (Phi) is 5.67. The molecule has 0 saturated heterocycles. The molecule has 3 nitrogen and oxygen atoms in total. The number of allylic oxidation sites excluding steroid dienone is 1. The number of para-hydroxylation sites is 1. The van der Waals surface area contributed by atoms with Crippen molar-refractivity contribution in [3.63, 3.8) is 0 Å². The first-order valence-electron chi connectivity index (χ1n) is 8.55. The van der Waals surface area contributed by atoms with E-state index in [0.29, 0.717) is 24.5 Å². The number of hydrogen-bond acceptors (Lipinski definition) is 2. The molecule has 1 aliphatic carbocycles. The quantitative estimate of drug-likeness (QED) is 0.796. The summed E-state index contributed by atoms with van der Waals surface area (Å²) in [7, 11) is 0. The van der Waals surface area contributed by atoms with E-state index in [0.717, 1.165) is 18.4 Å². The highest BCUT2D eigenvalue weighted by Gasteiger charge is 2.13. The van der Waals surface area contributed by atoms with Gasteiger partial charge in [0.15, 0.2) is 0 Å². The highest BCUT2D eigenvalue weighted by molar-refractivity contribution is 5.97. The fraction of sp³-hybridized carbons (Fsp3) is 0.286. The van der Waals surface area contributed by atoms with Crippen molar-refractivity contribution in [1.82, 2.24) is 5.32 Å². The molecule has 2 aromatic rings. The monoisotopic (exact) mass is 321 g/mol. The maximum atomic E-state index is 12.5. The van der Waals surface area contributed by atoms with E-state index in [2.05, 4.69) is 11.4 Å². The van der Waals surface area contributed by atoms with Gasteiger partial charge in [-0.3, -0.25) is 4.79 Å². The van der Waals surface area contributed by atoms with Gasteiger partial charge < -0.3 is 10.1 Å². The largest absolute Gasteiger partial charge is 0.488 e. The molecular weight excluding hydrogens is 298 g/mol. The Labute approximate surface area is 143 Å². The summed E-state index contributed by atoms with van der Waals surface area (Å²) in [6, 6.07) is 17.4. The molecule has 124 valence electrons. The number of carbonyl (C=O) groups is 1. The van der Waals surface area contributed by atoms with E-state index in [-0.39, 0.29) is 5.91 Å². The molecule has 0 unspecified atom stereocenters. The van der Waals surface area contributed by atoms with Crippen molar-refractivity contribution in [3.8, 4) is 5.75 Å². The number of hydrogen-bond donors (Lipinski definition) is 1. The van der Waals surface area contributed by atoms with Crippen LogP contribution in [0.2, 0.25) is 0 Å². The van der Waals surface area contributed by atoms with Gasteiger partial charge in [0, 0.05) is 6.54 Å². The smallest absolute Gasteiger partial charge is 0.255 e. The predicted molar refractivity (Wildman–Crippen MR) is 96.1 cm³/mol. The lowest BCUT2D eigenvalue weighted by molar-refractivity contribution is 0.0952. The van der Waals surface area contributed by atoms with E-state index in [1.165, 1.54) is 18.4 Å². The first-order valence-corrected chi connectivity index (χ1v) is 8.55. The van der Waals surface area contributed by atoms with Crippen LogP contribution in [0, 0.1) is 0 Å². The van der Waals surface area contributed by atoms with Gasteiger partial charge in [-0.15, -0.1) is 0 Å². The Morgan fingerprint density at radius 1 is 1.00 bits per heavy atom. The van der Waals surface area contributed by atoms with Gasteiger partial charge >= 0.3 is 0 Å². The number of ether oxygens (including phenoxy) is 1. The average Bonchev–Trinajstić information content (AvgIpc) is 2.66. The average molecular weight is 321 g/mol. The van der Waals surface area contributed by atoms with Crippen LogP contribution in [0.1, 0.15) is 41.6 Å². The molecule has 0 aromatic heterocycles. The highest BCUT2D eigenvalue weighted by atomic mass is 16.5. The zero-order valence-electron chi connectivity index (χ0n) is 13.8. The summed E-state index contributed by atoms with van der Waals surface area (Å²) in [5.41, 5.74) is 3.00. The molecule has 0 atom stereocenters. The first-order chi connectivity index (χ1) is 11.8. The highest BCUT2D eigenvalue weighted by Crippen LogP contribution is 2.20. The fourth-order valence-electron chi connectivity index (χ4n) is 2.87. The van der Waals surface area contributed by atoms with Crippen molar-refractivity contribution in [2.45, 2.75) is 32.3 Å². The third-order valence-corrected chi connectivity index (χ3v) is 4.23. The second-order valence-electron chi connectivity index (χ2n) is 6.06. The molecule has 3 rings (SSSR count). The third-order valence-electron chi connectivity index (χ3n) is 4.23. The third kappa shape index (κ3) is 4.48. The lowest BCUT2D eigenvalue weighted by atomic mass is 9.99. The summed E-state index contributed by atoms with van der Waals surface area (Å²) in [6.07, 6.45) is 6.95. The molecule has 24 heavy (non-hydrogen) atoms. The lowest BCUT2D eigenvalue weighted by Crippen LogP contribution is -2.26. The van der Waals surface area contributed by atoms with Crippen LogP contribution in [0.15, 0.2) is 66.2 Å². The predicted octanol–water partition coefficient (Wildman–Crippen LogP) is 4.50. The molecular formula is C21H23NO2. The van der Waals surface area contributed by atoms with Crippen LogP contribution in [0.4, 0.5) is 0 Å². The van der Waals surface area contributed by atoms with Crippen LogP contribution in [-0.4, -0.2) is 12.5 Å².